The Morgan fingerprint density at radius 2 is 1.78 bits per heavy atom. The van der Waals surface area contributed by atoms with Gasteiger partial charge in [0.05, 0.1) is 5.38 Å². The lowest BCUT2D eigenvalue weighted by molar-refractivity contribution is -0.122. The van der Waals surface area contributed by atoms with Crippen LogP contribution in [0.4, 0.5) is 0 Å². The second kappa shape index (κ2) is 5.27. The summed E-state index contributed by atoms with van der Waals surface area (Å²) < 4.78 is 0. The normalized spacial score (nSPS) is 24.3. The molecule has 1 unspecified atom stereocenters. The molecule has 3 rings (SSSR count). The van der Waals surface area contributed by atoms with Crippen LogP contribution in [-0.2, 0) is 11.2 Å². The number of carbonyl (C=O) groups excluding carboxylic acids is 1. The van der Waals surface area contributed by atoms with E-state index in [0.717, 1.165) is 32.1 Å². The molecule has 0 heterocycles. The minimum Gasteiger partial charge on any atom is -0.300 e. The molecule has 96 valence electrons. The van der Waals surface area contributed by atoms with Gasteiger partial charge in [0.2, 0.25) is 0 Å². The van der Waals surface area contributed by atoms with Crippen molar-refractivity contribution >= 4 is 17.4 Å². The van der Waals surface area contributed by atoms with E-state index in [1.165, 1.54) is 11.1 Å². The lowest BCUT2D eigenvalue weighted by atomic mass is 9.71. The van der Waals surface area contributed by atoms with Gasteiger partial charge in [0.25, 0.3) is 0 Å². The van der Waals surface area contributed by atoms with Crippen LogP contribution >= 0.6 is 11.6 Å². The molecule has 0 saturated heterocycles. The number of Topliss-reactive ketones (excluding diaryl/α,β-unsaturated/α-hetero) is 1. The maximum atomic E-state index is 11.3. The Morgan fingerprint density at radius 1 is 1.17 bits per heavy atom. The Hall–Kier alpha value is -1.08. The topological polar surface area (TPSA) is 17.1 Å². The summed E-state index contributed by atoms with van der Waals surface area (Å²) in [6, 6.07) is 8.45. The second-order valence-corrected chi connectivity index (χ2v) is 5.58. The number of benzene rings is 1. The molecule has 0 N–H and O–H groups in total. The van der Waals surface area contributed by atoms with Crippen LogP contribution in [0.25, 0.3) is 0 Å². The molecule has 0 aliphatic heterocycles. The van der Waals surface area contributed by atoms with Crippen LogP contribution in [-0.4, -0.2) is 5.78 Å². The molecule has 2 heteroatoms. The molecule has 1 spiro atoms. The van der Waals surface area contributed by atoms with Crippen LogP contribution in [0.3, 0.4) is 0 Å². The van der Waals surface area contributed by atoms with Crippen LogP contribution in [0.1, 0.15) is 42.2 Å². The summed E-state index contributed by atoms with van der Waals surface area (Å²) in [7, 11) is 0. The average molecular weight is 263 g/mol. The van der Waals surface area contributed by atoms with Crippen LogP contribution in [0.5, 0.6) is 0 Å². The summed E-state index contributed by atoms with van der Waals surface area (Å²) in [6.07, 6.45) is 4.43. The van der Waals surface area contributed by atoms with Crippen LogP contribution in [0.2, 0.25) is 0 Å². The Labute approximate surface area is 114 Å². The van der Waals surface area contributed by atoms with E-state index in [1.807, 2.05) is 0 Å². The molecular weight excluding hydrogens is 244 g/mol. The molecule has 2 aliphatic rings. The van der Waals surface area contributed by atoms with Gasteiger partial charge in [-0.3, -0.25) is 4.79 Å². The molecule has 1 saturated carbocycles. The van der Waals surface area contributed by atoms with Crippen molar-refractivity contribution in [1.29, 1.82) is 0 Å². The fourth-order valence-electron chi connectivity index (χ4n) is 3.20. The van der Waals surface area contributed by atoms with Gasteiger partial charge in [-0.15, -0.1) is 24.8 Å². The number of hydrogen-bond donors (Lipinski definition) is 0. The first-order valence-corrected chi connectivity index (χ1v) is 6.88. The Morgan fingerprint density at radius 3 is 2.39 bits per heavy atom. The molecule has 1 nitrogen and oxygen atoms in total. The van der Waals surface area contributed by atoms with Crippen molar-refractivity contribution in [2.45, 2.75) is 37.5 Å². The number of alkyl halides is 1. The first-order valence-electron chi connectivity index (χ1n) is 6.45. The third kappa shape index (κ3) is 2.12. The van der Waals surface area contributed by atoms with E-state index in [4.69, 9.17) is 11.6 Å². The van der Waals surface area contributed by atoms with E-state index >= 15 is 0 Å². The van der Waals surface area contributed by atoms with Crippen LogP contribution < -0.4 is 0 Å². The monoisotopic (exact) mass is 262 g/mol. The van der Waals surface area contributed by atoms with Gasteiger partial charge in [-0.1, -0.05) is 24.3 Å². The van der Waals surface area contributed by atoms with E-state index in [0.29, 0.717) is 5.78 Å². The Balaban J connectivity index is 0.000000574. The van der Waals surface area contributed by atoms with Crippen molar-refractivity contribution in [2.24, 2.45) is 5.41 Å². The number of hydrogen-bond acceptors (Lipinski definition) is 1. The number of halogens is 1. The third-order valence-corrected chi connectivity index (χ3v) is 4.91. The highest BCUT2D eigenvalue weighted by atomic mass is 35.5. The van der Waals surface area contributed by atoms with Gasteiger partial charge in [-0.25, -0.2) is 0 Å². The fraction of sp³-hybridized carbons (Fsp3) is 0.438. The number of rotatable bonds is 0. The number of fused-ring (bicyclic) bond motifs is 1. The second-order valence-electron chi connectivity index (χ2n) is 5.14. The summed E-state index contributed by atoms with van der Waals surface area (Å²) in [5.41, 5.74) is 2.84. The van der Waals surface area contributed by atoms with Crippen LogP contribution in [0, 0.1) is 5.41 Å². The first kappa shape index (κ1) is 13.4. The highest BCUT2D eigenvalue weighted by molar-refractivity contribution is 6.21. The smallest absolute Gasteiger partial charge is 0.132 e. The quantitative estimate of drug-likeness (QED) is 0.499. The van der Waals surface area contributed by atoms with Gasteiger partial charge in [-0.05, 0) is 35.8 Å². The molecule has 0 bridgehead atoms. The largest absolute Gasteiger partial charge is 0.300 e. The molecule has 18 heavy (non-hydrogen) atoms. The highest BCUT2D eigenvalue weighted by Gasteiger charge is 2.46. The van der Waals surface area contributed by atoms with Gasteiger partial charge in [-0.2, -0.15) is 0 Å². The minimum absolute atomic E-state index is 0.108. The summed E-state index contributed by atoms with van der Waals surface area (Å²) in [4.78, 5) is 11.3. The molecular formula is C16H19ClO. The molecule has 2 aliphatic carbocycles. The summed E-state index contributed by atoms with van der Waals surface area (Å²) in [6.45, 7) is 6.00. The van der Waals surface area contributed by atoms with E-state index in [-0.39, 0.29) is 10.8 Å². The van der Waals surface area contributed by atoms with Gasteiger partial charge in [0, 0.05) is 12.8 Å². The third-order valence-electron chi connectivity index (χ3n) is 4.21. The molecule has 0 amide bonds. The lowest BCUT2D eigenvalue weighted by Crippen LogP contribution is -2.29. The first-order chi connectivity index (χ1) is 8.71. The summed E-state index contributed by atoms with van der Waals surface area (Å²) in [5.74, 6) is 0.408. The maximum absolute atomic E-state index is 11.3. The summed E-state index contributed by atoms with van der Waals surface area (Å²) >= 11 is 6.61. The predicted molar refractivity (Wildman–Crippen MR) is 75.9 cm³/mol. The Kier molecular flexibility index (Phi) is 3.91. The molecule has 0 radical (unpaired) electrons. The average Bonchev–Trinajstić information content (AvgIpc) is 2.70. The van der Waals surface area contributed by atoms with Gasteiger partial charge in [0.1, 0.15) is 5.78 Å². The van der Waals surface area contributed by atoms with Crippen molar-refractivity contribution in [2.75, 3.05) is 0 Å². The number of ketones is 1. The predicted octanol–water partition coefficient (Wildman–Crippen LogP) is 4.45. The number of carbonyl (C=O) groups is 1. The van der Waals surface area contributed by atoms with Crippen molar-refractivity contribution in [3.63, 3.8) is 0 Å². The van der Waals surface area contributed by atoms with Gasteiger partial charge < -0.3 is 0 Å². The van der Waals surface area contributed by atoms with Crippen molar-refractivity contribution < 1.29 is 4.79 Å². The van der Waals surface area contributed by atoms with E-state index < -0.39 is 0 Å². The molecule has 1 aromatic carbocycles. The standard InChI is InChI=1S/C14H15ClO.C2H4/c15-13-12-4-2-1-3-10(12)9-14(13)7-5-11(16)6-8-14;1-2/h1-4,13H,5-9H2;1-2H2. The van der Waals surface area contributed by atoms with Crippen molar-refractivity contribution in [3.05, 3.63) is 48.6 Å². The van der Waals surface area contributed by atoms with Gasteiger partial charge >= 0.3 is 0 Å². The molecule has 1 fully saturated rings. The molecule has 1 atom stereocenters. The highest BCUT2D eigenvalue weighted by Crippen LogP contribution is 2.56. The zero-order chi connectivity index (χ0) is 13.2. The molecule has 1 aromatic rings. The molecule has 0 aromatic heterocycles. The van der Waals surface area contributed by atoms with Gasteiger partial charge in [0.15, 0.2) is 0 Å². The minimum atomic E-state index is 0.108. The zero-order valence-electron chi connectivity index (χ0n) is 10.6. The summed E-state index contributed by atoms with van der Waals surface area (Å²) in [5, 5.41) is 0.108. The Bertz CT molecular complexity index is 442. The van der Waals surface area contributed by atoms with E-state index in [2.05, 4.69) is 37.4 Å². The SMILES string of the molecule is C=C.O=C1CCC2(CC1)Cc1ccccc1C2Cl. The van der Waals surface area contributed by atoms with Crippen molar-refractivity contribution in [3.8, 4) is 0 Å². The maximum Gasteiger partial charge on any atom is 0.132 e. The van der Waals surface area contributed by atoms with Crippen molar-refractivity contribution in [1.82, 2.24) is 0 Å². The van der Waals surface area contributed by atoms with E-state index in [9.17, 15) is 4.79 Å². The van der Waals surface area contributed by atoms with Crippen LogP contribution in [0.15, 0.2) is 37.4 Å². The fourth-order valence-corrected chi connectivity index (χ4v) is 3.71. The zero-order valence-corrected chi connectivity index (χ0v) is 11.4. The van der Waals surface area contributed by atoms with E-state index in [1.54, 1.807) is 0 Å². The lowest BCUT2D eigenvalue weighted by Gasteiger charge is -2.35.